The van der Waals surface area contributed by atoms with Gasteiger partial charge in [0, 0.05) is 0 Å². The number of benzene rings is 1. The molecule has 3 rings (SSSR count). The zero-order valence-corrected chi connectivity index (χ0v) is 10.3. The number of rotatable bonds is 2. The number of hydrogen-bond acceptors (Lipinski definition) is 2. The predicted octanol–water partition coefficient (Wildman–Crippen LogP) is 2.41. The van der Waals surface area contributed by atoms with Crippen molar-refractivity contribution in [2.75, 3.05) is 13.1 Å². The number of nitrogens with zero attached hydrogens (tertiary/aromatic N) is 1. The lowest BCUT2D eigenvalue weighted by Gasteiger charge is -2.22. The number of aromatic nitrogens is 2. The Hall–Kier alpha value is -1.35. The molecule has 17 heavy (non-hydrogen) atoms. The average Bonchev–Trinajstić information content (AvgIpc) is 2.72. The number of piperidine rings is 1. The summed E-state index contributed by atoms with van der Waals surface area (Å²) in [6, 6.07) is 6.47. The fourth-order valence-corrected chi connectivity index (χ4v) is 2.78. The van der Waals surface area contributed by atoms with Crippen LogP contribution < -0.4 is 5.32 Å². The van der Waals surface area contributed by atoms with Crippen molar-refractivity contribution in [3.05, 3.63) is 29.6 Å². The van der Waals surface area contributed by atoms with Crippen LogP contribution in [0.2, 0.25) is 0 Å². The number of imidazole rings is 1. The van der Waals surface area contributed by atoms with Crippen LogP contribution in [-0.2, 0) is 6.42 Å². The van der Waals surface area contributed by atoms with E-state index in [0.29, 0.717) is 0 Å². The smallest absolute Gasteiger partial charge is 0.104 e. The van der Waals surface area contributed by atoms with Crippen molar-refractivity contribution < 1.29 is 0 Å². The van der Waals surface area contributed by atoms with Gasteiger partial charge >= 0.3 is 0 Å². The number of hydrogen-bond donors (Lipinski definition) is 2. The second-order valence-electron chi connectivity index (χ2n) is 5.03. The number of fused-ring (bicyclic) bond motifs is 1. The van der Waals surface area contributed by atoms with Crippen molar-refractivity contribution in [3.63, 3.8) is 0 Å². The van der Waals surface area contributed by atoms with E-state index in [0.717, 1.165) is 11.7 Å². The lowest BCUT2D eigenvalue weighted by molar-refractivity contribution is 0.373. The molecule has 0 bridgehead atoms. The first kappa shape index (κ1) is 10.8. The summed E-state index contributed by atoms with van der Waals surface area (Å²) in [6.45, 7) is 4.36. The van der Waals surface area contributed by atoms with Gasteiger partial charge in [0.2, 0.25) is 0 Å². The lowest BCUT2D eigenvalue weighted by atomic mass is 9.90. The van der Waals surface area contributed by atoms with Gasteiger partial charge < -0.3 is 10.3 Å². The van der Waals surface area contributed by atoms with Gasteiger partial charge in [-0.05, 0) is 56.8 Å². The summed E-state index contributed by atoms with van der Waals surface area (Å²) in [4.78, 5) is 7.92. The number of aryl methyl sites for hydroxylation is 1. The monoisotopic (exact) mass is 229 g/mol. The minimum absolute atomic E-state index is 0.818. The lowest BCUT2D eigenvalue weighted by Crippen LogP contribution is -2.28. The SMILES string of the molecule is Cc1nc2c(CC3CCNCC3)cccc2[nH]1. The molecule has 2 aromatic rings. The summed E-state index contributed by atoms with van der Waals surface area (Å²) in [6.07, 6.45) is 3.75. The van der Waals surface area contributed by atoms with Gasteiger partial charge in [-0.1, -0.05) is 12.1 Å². The molecule has 3 heteroatoms. The molecule has 1 aromatic carbocycles. The zero-order chi connectivity index (χ0) is 11.7. The molecule has 1 aliphatic rings. The average molecular weight is 229 g/mol. The Labute approximate surface area is 102 Å². The standard InChI is InChI=1S/C14H19N3/c1-10-16-13-4-2-3-12(14(13)17-10)9-11-5-7-15-8-6-11/h2-4,11,15H,5-9H2,1H3,(H,16,17). The summed E-state index contributed by atoms with van der Waals surface area (Å²) < 4.78 is 0. The number of H-pyrrole nitrogens is 1. The Kier molecular flexibility index (Phi) is 2.85. The van der Waals surface area contributed by atoms with E-state index >= 15 is 0 Å². The predicted molar refractivity (Wildman–Crippen MR) is 70.1 cm³/mol. The van der Waals surface area contributed by atoms with Crippen molar-refractivity contribution in [2.24, 2.45) is 5.92 Å². The Morgan fingerprint density at radius 2 is 2.12 bits per heavy atom. The molecule has 90 valence electrons. The van der Waals surface area contributed by atoms with E-state index in [1.165, 1.54) is 48.9 Å². The van der Waals surface area contributed by atoms with Crippen molar-refractivity contribution >= 4 is 11.0 Å². The molecule has 2 N–H and O–H groups in total. The zero-order valence-electron chi connectivity index (χ0n) is 10.3. The van der Waals surface area contributed by atoms with Gasteiger partial charge in [-0.2, -0.15) is 0 Å². The third kappa shape index (κ3) is 2.20. The fourth-order valence-electron chi connectivity index (χ4n) is 2.78. The highest BCUT2D eigenvalue weighted by Gasteiger charge is 2.15. The van der Waals surface area contributed by atoms with Gasteiger partial charge in [-0.15, -0.1) is 0 Å². The van der Waals surface area contributed by atoms with Crippen LogP contribution in [0.25, 0.3) is 11.0 Å². The molecule has 1 aliphatic heterocycles. The topological polar surface area (TPSA) is 40.7 Å². The maximum atomic E-state index is 4.61. The molecule has 0 spiro atoms. The Bertz CT molecular complexity index is 509. The van der Waals surface area contributed by atoms with Crippen LogP contribution in [0, 0.1) is 12.8 Å². The maximum Gasteiger partial charge on any atom is 0.104 e. The van der Waals surface area contributed by atoms with Gasteiger partial charge in [0.05, 0.1) is 11.0 Å². The van der Waals surface area contributed by atoms with Crippen LogP contribution in [0.3, 0.4) is 0 Å². The molecule has 1 saturated heterocycles. The van der Waals surface area contributed by atoms with Crippen LogP contribution in [0.15, 0.2) is 18.2 Å². The van der Waals surface area contributed by atoms with Crippen molar-refractivity contribution in [1.82, 2.24) is 15.3 Å². The van der Waals surface area contributed by atoms with Crippen molar-refractivity contribution in [1.29, 1.82) is 0 Å². The van der Waals surface area contributed by atoms with Crippen LogP contribution in [-0.4, -0.2) is 23.1 Å². The van der Waals surface area contributed by atoms with E-state index in [-0.39, 0.29) is 0 Å². The first-order valence-electron chi connectivity index (χ1n) is 6.48. The Morgan fingerprint density at radius 3 is 2.94 bits per heavy atom. The molecule has 0 unspecified atom stereocenters. The van der Waals surface area contributed by atoms with E-state index in [1.54, 1.807) is 0 Å². The summed E-state index contributed by atoms with van der Waals surface area (Å²) in [5, 5.41) is 3.42. The van der Waals surface area contributed by atoms with Gasteiger partial charge in [0.1, 0.15) is 5.82 Å². The van der Waals surface area contributed by atoms with Gasteiger partial charge in [0.15, 0.2) is 0 Å². The van der Waals surface area contributed by atoms with Crippen molar-refractivity contribution in [2.45, 2.75) is 26.2 Å². The highest BCUT2D eigenvalue weighted by atomic mass is 14.9. The molecule has 0 atom stereocenters. The first-order valence-corrected chi connectivity index (χ1v) is 6.48. The molecule has 1 aromatic heterocycles. The second-order valence-corrected chi connectivity index (χ2v) is 5.03. The van der Waals surface area contributed by atoms with Crippen LogP contribution in [0.1, 0.15) is 24.2 Å². The number of para-hydroxylation sites is 1. The minimum Gasteiger partial charge on any atom is -0.342 e. The van der Waals surface area contributed by atoms with E-state index in [1.807, 2.05) is 6.92 Å². The first-order chi connectivity index (χ1) is 8.33. The largest absolute Gasteiger partial charge is 0.342 e. The number of aromatic amines is 1. The third-order valence-corrected chi connectivity index (χ3v) is 3.68. The molecular formula is C14H19N3. The third-order valence-electron chi connectivity index (χ3n) is 3.68. The molecule has 0 radical (unpaired) electrons. The molecular weight excluding hydrogens is 210 g/mol. The van der Waals surface area contributed by atoms with Gasteiger partial charge in [0.25, 0.3) is 0 Å². The maximum absolute atomic E-state index is 4.61. The normalized spacial score (nSPS) is 17.7. The van der Waals surface area contributed by atoms with E-state index in [9.17, 15) is 0 Å². The van der Waals surface area contributed by atoms with Crippen LogP contribution in [0.4, 0.5) is 0 Å². The second kappa shape index (κ2) is 4.49. The summed E-state index contributed by atoms with van der Waals surface area (Å²) in [7, 11) is 0. The highest BCUT2D eigenvalue weighted by molar-refractivity contribution is 5.78. The highest BCUT2D eigenvalue weighted by Crippen LogP contribution is 2.23. The number of nitrogens with one attached hydrogen (secondary N) is 2. The van der Waals surface area contributed by atoms with E-state index in [4.69, 9.17) is 0 Å². The van der Waals surface area contributed by atoms with Gasteiger partial charge in [-0.3, -0.25) is 0 Å². The Balaban J connectivity index is 1.88. The molecule has 0 saturated carbocycles. The van der Waals surface area contributed by atoms with Crippen LogP contribution in [0.5, 0.6) is 0 Å². The molecule has 0 aliphatic carbocycles. The van der Waals surface area contributed by atoms with E-state index < -0.39 is 0 Å². The fraction of sp³-hybridized carbons (Fsp3) is 0.500. The van der Waals surface area contributed by atoms with Crippen LogP contribution >= 0.6 is 0 Å². The quantitative estimate of drug-likeness (QED) is 0.830. The molecule has 0 amide bonds. The molecule has 1 fully saturated rings. The van der Waals surface area contributed by atoms with Crippen molar-refractivity contribution in [3.8, 4) is 0 Å². The summed E-state index contributed by atoms with van der Waals surface area (Å²) >= 11 is 0. The summed E-state index contributed by atoms with van der Waals surface area (Å²) in [5.74, 6) is 1.83. The Morgan fingerprint density at radius 1 is 1.29 bits per heavy atom. The molecule has 3 nitrogen and oxygen atoms in total. The van der Waals surface area contributed by atoms with E-state index in [2.05, 4.69) is 33.5 Å². The summed E-state index contributed by atoms with van der Waals surface area (Å²) in [5.41, 5.74) is 3.75. The van der Waals surface area contributed by atoms with Gasteiger partial charge in [-0.25, -0.2) is 4.98 Å². The molecule has 2 heterocycles. The minimum atomic E-state index is 0.818.